The number of benzene rings is 1. The monoisotopic (exact) mass is 315 g/mol. The molecule has 1 aliphatic heterocycles. The van der Waals surface area contributed by atoms with E-state index in [1.807, 2.05) is 11.4 Å². The van der Waals surface area contributed by atoms with Crippen LogP contribution in [0.1, 0.15) is 29.1 Å². The van der Waals surface area contributed by atoms with Crippen LogP contribution in [-0.2, 0) is 24.2 Å². The Morgan fingerprint density at radius 1 is 1.32 bits per heavy atom. The van der Waals surface area contributed by atoms with Crippen molar-refractivity contribution in [3.8, 4) is 0 Å². The predicted octanol–water partition coefficient (Wildman–Crippen LogP) is 2.30. The lowest BCUT2D eigenvalue weighted by molar-refractivity contribution is -0.122. The third-order valence-electron chi connectivity index (χ3n) is 3.89. The fourth-order valence-corrected chi connectivity index (χ4v) is 3.45. The molecule has 1 unspecified atom stereocenters. The highest BCUT2D eigenvalue weighted by atomic mass is 32.1. The van der Waals surface area contributed by atoms with Crippen molar-refractivity contribution in [1.82, 2.24) is 15.6 Å². The SMILES string of the molecule is O=C(NCc1csc(CCc2ccccc2)n1)C1CCCN1. The van der Waals surface area contributed by atoms with Gasteiger partial charge in [0, 0.05) is 11.8 Å². The van der Waals surface area contributed by atoms with Gasteiger partial charge in [-0.25, -0.2) is 4.98 Å². The summed E-state index contributed by atoms with van der Waals surface area (Å²) in [7, 11) is 0. The van der Waals surface area contributed by atoms with Gasteiger partial charge in [0.25, 0.3) is 0 Å². The first kappa shape index (κ1) is 15.2. The first-order valence-corrected chi connectivity index (χ1v) is 8.67. The quantitative estimate of drug-likeness (QED) is 0.860. The molecule has 5 heteroatoms. The molecular formula is C17H21N3OS. The first-order chi connectivity index (χ1) is 10.8. The van der Waals surface area contributed by atoms with Crippen LogP contribution in [0, 0.1) is 0 Å². The molecule has 1 atom stereocenters. The normalized spacial score (nSPS) is 17.5. The van der Waals surface area contributed by atoms with Gasteiger partial charge in [0.2, 0.25) is 5.91 Å². The van der Waals surface area contributed by atoms with Gasteiger partial charge in [-0.05, 0) is 31.4 Å². The van der Waals surface area contributed by atoms with Crippen LogP contribution >= 0.6 is 11.3 Å². The smallest absolute Gasteiger partial charge is 0.237 e. The van der Waals surface area contributed by atoms with Crippen LogP contribution in [0.3, 0.4) is 0 Å². The average molecular weight is 315 g/mol. The molecule has 2 heterocycles. The van der Waals surface area contributed by atoms with Gasteiger partial charge >= 0.3 is 0 Å². The minimum Gasteiger partial charge on any atom is -0.349 e. The Hall–Kier alpha value is -1.72. The Balaban J connectivity index is 1.45. The van der Waals surface area contributed by atoms with Crippen LogP contribution in [0.4, 0.5) is 0 Å². The fraction of sp³-hybridized carbons (Fsp3) is 0.412. The molecule has 22 heavy (non-hydrogen) atoms. The zero-order chi connectivity index (χ0) is 15.2. The lowest BCUT2D eigenvalue weighted by Crippen LogP contribution is -2.40. The van der Waals surface area contributed by atoms with Gasteiger partial charge in [-0.15, -0.1) is 11.3 Å². The molecule has 1 aromatic heterocycles. The van der Waals surface area contributed by atoms with Gasteiger partial charge in [-0.2, -0.15) is 0 Å². The van der Waals surface area contributed by atoms with E-state index >= 15 is 0 Å². The van der Waals surface area contributed by atoms with E-state index in [-0.39, 0.29) is 11.9 Å². The van der Waals surface area contributed by atoms with E-state index in [1.54, 1.807) is 11.3 Å². The summed E-state index contributed by atoms with van der Waals surface area (Å²) >= 11 is 1.67. The Kier molecular flexibility index (Phi) is 5.19. The molecule has 0 bridgehead atoms. The standard InChI is InChI=1S/C17H21N3OS/c21-17(15-7-4-10-18-15)19-11-14-12-22-16(20-14)9-8-13-5-2-1-3-6-13/h1-3,5-6,12,15,18H,4,7-11H2,(H,19,21). The molecule has 1 aliphatic rings. The maximum Gasteiger partial charge on any atom is 0.237 e. The van der Waals surface area contributed by atoms with Crippen molar-refractivity contribution in [2.24, 2.45) is 0 Å². The third-order valence-corrected chi connectivity index (χ3v) is 4.85. The van der Waals surface area contributed by atoms with E-state index in [2.05, 4.69) is 39.9 Å². The number of hydrogen-bond acceptors (Lipinski definition) is 4. The Bertz CT molecular complexity index is 605. The molecular weight excluding hydrogens is 294 g/mol. The van der Waals surface area contributed by atoms with Crippen LogP contribution < -0.4 is 10.6 Å². The van der Waals surface area contributed by atoms with Gasteiger partial charge in [0.15, 0.2) is 0 Å². The van der Waals surface area contributed by atoms with Gasteiger partial charge < -0.3 is 10.6 Å². The number of rotatable bonds is 6. The zero-order valence-electron chi connectivity index (χ0n) is 12.5. The fourth-order valence-electron chi connectivity index (χ4n) is 2.65. The Morgan fingerprint density at radius 2 is 2.18 bits per heavy atom. The summed E-state index contributed by atoms with van der Waals surface area (Å²) in [6, 6.07) is 10.4. The predicted molar refractivity (Wildman–Crippen MR) is 88.8 cm³/mol. The van der Waals surface area contributed by atoms with Gasteiger partial charge in [0.1, 0.15) is 0 Å². The maximum absolute atomic E-state index is 11.9. The largest absolute Gasteiger partial charge is 0.349 e. The number of thiazole rings is 1. The molecule has 2 aromatic rings. The molecule has 3 rings (SSSR count). The van der Waals surface area contributed by atoms with Crippen LogP contribution in [0.2, 0.25) is 0 Å². The van der Waals surface area contributed by atoms with E-state index in [1.165, 1.54) is 5.56 Å². The molecule has 0 spiro atoms. The summed E-state index contributed by atoms with van der Waals surface area (Å²) in [5.74, 6) is 0.0938. The molecule has 1 fully saturated rings. The number of amides is 1. The highest BCUT2D eigenvalue weighted by molar-refractivity contribution is 7.09. The van der Waals surface area contributed by atoms with Crippen molar-refractivity contribution >= 4 is 17.2 Å². The van der Waals surface area contributed by atoms with Gasteiger partial charge in [0.05, 0.1) is 23.3 Å². The van der Waals surface area contributed by atoms with Crippen molar-refractivity contribution in [2.75, 3.05) is 6.54 Å². The van der Waals surface area contributed by atoms with E-state index in [0.29, 0.717) is 6.54 Å². The summed E-state index contributed by atoms with van der Waals surface area (Å²) in [6.45, 7) is 1.47. The molecule has 1 amide bonds. The summed E-state index contributed by atoms with van der Waals surface area (Å²) < 4.78 is 0. The van der Waals surface area contributed by atoms with E-state index in [0.717, 1.165) is 42.9 Å². The number of hydrogen-bond donors (Lipinski definition) is 2. The topological polar surface area (TPSA) is 54.0 Å². The minimum atomic E-state index is -0.0174. The van der Waals surface area contributed by atoms with Crippen molar-refractivity contribution in [3.63, 3.8) is 0 Å². The lowest BCUT2D eigenvalue weighted by atomic mass is 10.1. The van der Waals surface area contributed by atoms with E-state index in [4.69, 9.17) is 0 Å². The van der Waals surface area contributed by atoms with Crippen LogP contribution in [0.15, 0.2) is 35.7 Å². The van der Waals surface area contributed by atoms with Crippen molar-refractivity contribution in [3.05, 3.63) is 52.0 Å². The van der Waals surface area contributed by atoms with E-state index in [9.17, 15) is 4.79 Å². The van der Waals surface area contributed by atoms with Crippen molar-refractivity contribution < 1.29 is 4.79 Å². The summed E-state index contributed by atoms with van der Waals surface area (Å²) in [5, 5.41) is 9.35. The molecule has 2 N–H and O–H groups in total. The molecule has 0 radical (unpaired) electrons. The zero-order valence-corrected chi connectivity index (χ0v) is 13.4. The number of carbonyl (C=O) groups is 1. The first-order valence-electron chi connectivity index (χ1n) is 7.79. The summed E-state index contributed by atoms with van der Waals surface area (Å²) in [6.07, 6.45) is 3.97. The summed E-state index contributed by atoms with van der Waals surface area (Å²) in [5.41, 5.74) is 2.29. The number of nitrogens with zero attached hydrogens (tertiary/aromatic N) is 1. The average Bonchev–Trinajstić information content (AvgIpc) is 3.23. The second-order valence-electron chi connectivity index (χ2n) is 5.58. The summed E-state index contributed by atoms with van der Waals surface area (Å²) in [4.78, 5) is 16.5. The highest BCUT2D eigenvalue weighted by Gasteiger charge is 2.21. The number of aromatic nitrogens is 1. The lowest BCUT2D eigenvalue weighted by Gasteiger charge is -2.09. The molecule has 116 valence electrons. The minimum absolute atomic E-state index is 0.0174. The molecule has 1 aromatic carbocycles. The molecule has 4 nitrogen and oxygen atoms in total. The molecule has 1 saturated heterocycles. The maximum atomic E-state index is 11.9. The van der Waals surface area contributed by atoms with Crippen LogP contribution in [0.25, 0.3) is 0 Å². The van der Waals surface area contributed by atoms with Crippen molar-refractivity contribution in [2.45, 2.75) is 38.3 Å². The third kappa shape index (κ3) is 4.15. The Morgan fingerprint density at radius 3 is 2.95 bits per heavy atom. The van der Waals surface area contributed by atoms with Gasteiger partial charge in [-0.3, -0.25) is 4.79 Å². The number of nitrogens with one attached hydrogen (secondary N) is 2. The second kappa shape index (κ2) is 7.51. The van der Waals surface area contributed by atoms with Crippen molar-refractivity contribution in [1.29, 1.82) is 0 Å². The number of aryl methyl sites for hydroxylation is 2. The highest BCUT2D eigenvalue weighted by Crippen LogP contribution is 2.13. The van der Waals surface area contributed by atoms with Crippen LogP contribution in [0.5, 0.6) is 0 Å². The number of carbonyl (C=O) groups excluding carboxylic acids is 1. The second-order valence-corrected chi connectivity index (χ2v) is 6.53. The molecule has 0 saturated carbocycles. The van der Waals surface area contributed by atoms with Crippen LogP contribution in [-0.4, -0.2) is 23.5 Å². The van der Waals surface area contributed by atoms with E-state index < -0.39 is 0 Å². The Labute approximate surface area is 135 Å². The molecule has 0 aliphatic carbocycles. The van der Waals surface area contributed by atoms with Gasteiger partial charge in [-0.1, -0.05) is 30.3 Å².